The average Bonchev–Trinajstić information content (AvgIpc) is 2.88. The van der Waals surface area contributed by atoms with Crippen LogP contribution in [0.5, 0.6) is 5.88 Å². The van der Waals surface area contributed by atoms with Gasteiger partial charge < -0.3 is 15.4 Å². The van der Waals surface area contributed by atoms with Crippen LogP contribution in [0.2, 0.25) is 0 Å². The fraction of sp³-hybridized carbons (Fsp3) is 0.308. The van der Waals surface area contributed by atoms with Crippen LogP contribution in [0.1, 0.15) is 26.4 Å². The van der Waals surface area contributed by atoms with E-state index < -0.39 is 5.91 Å². The van der Waals surface area contributed by atoms with Gasteiger partial charge >= 0.3 is 0 Å². The minimum Gasteiger partial charge on any atom is -0.479 e. The number of nitrogens with zero attached hydrogens (tertiary/aromatic N) is 4. The van der Waals surface area contributed by atoms with E-state index in [0.717, 1.165) is 0 Å². The molecule has 22 heavy (non-hydrogen) atoms. The Hall–Kier alpha value is -2.97. The van der Waals surface area contributed by atoms with Crippen LogP contribution in [0, 0.1) is 6.92 Å². The van der Waals surface area contributed by atoms with Gasteiger partial charge in [-0.15, -0.1) is 15.3 Å². The molecule has 0 atom stereocenters. The third-order valence-electron chi connectivity index (χ3n) is 2.90. The number of nitrogens with one attached hydrogen (secondary N) is 2. The first-order chi connectivity index (χ1) is 10.5. The van der Waals surface area contributed by atoms with E-state index in [1.807, 2.05) is 0 Å². The van der Waals surface area contributed by atoms with Gasteiger partial charge in [-0.2, -0.15) is 0 Å². The molecule has 2 aromatic heterocycles. The minimum absolute atomic E-state index is 0.208. The first-order valence-corrected chi connectivity index (χ1v) is 6.41. The summed E-state index contributed by atoms with van der Waals surface area (Å²) in [5, 5.41) is 16.7. The van der Waals surface area contributed by atoms with Crippen molar-refractivity contribution in [1.82, 2.24) is 25.3 Å². The van der Waals surface area contributed by atoms with Gasteiger partial charge in [-0.05, 0) is 18.6 Å². The Kier molecular flexibility index (Phi) is 4.35. The number of hydrogen-bond acceptors (Lipinski definition) is 6. The Morgan fingerprint density at radius 3 is 2.59 bits per heavy atom. The van der Waals surface area contributed by atoms with Gasteiger partial charge in [0.15, 0.2) is 11.5 Å². The molecule has 116 valence electrons. The average molecular weight is 304 g/mol. The summed E-state index contributed by atoms with van der Waals surface area (Å²) in [6, 6.07) is 1.57. The van der Waals surface area contributed by atoms with Crippen LogP contribution in [-0.2, 0) is 7.05 Å². The number of carbonyl (C=O) groups excluding carboxylic acids is 2. The normalized spacial score (nSPS) is 10.2. The molecule has 0 spiro atoms. The molecular weight excluding hydrogens is 288 g/mol. The van der Waals surface area contributed by atoms with Gasteiger partial charge in [0.2, 0.25) is 5.88 Å². The lowest BCUT2D eigenvalue weighted by molar-refractivity contribution is 0.0956. The second kappa shape index (κ2) is 6.20. The third kappa shape index (κ3) is 3.03. The van der Waals surface area contributed by atoms with Gasteiger partial charge in [0.1, 0.15) is 5.56 Å². The van der Waals surface area contributed by atoms with Crippen molar-refractivity contribution in [3.63, 3.8) is 0 Å². The summed E-state index contributed by atoms with van der Waals surface area (Å²) in [5.41, 5.74) is 1.09. The first-order valence-electron chi connectivity index (χ1n) is 6.41. The van der Waals surface area contributed by atoms with Crippen molar-refractivity contribution in [1.29, 1.82) is 0 Å². The fourth-order valence-electron chi connectivity index (χ4n) is 1.85. The van der Waals surface area contributed by atoms with Crippen molar-refractivity contribution in [3.05, 3.63) is 29.1 Å². The molecule has 0 aliphatic heterocycles. The van der Waals surface area contributed by atoms with E-state index in [-0.39, 0.29) is 28.9 Å². The van der Waals surface area contributed by atoms with Gasteiger partial charge in [0.25, 0.3) is 11.8 Å². The van der Waals surface area contributed by atoms with Crippen LogP contribution in [0.3, 0.4) is 0 Å². The number of rotatable bonds is 4. The predicted molar refractivity (Wildman–Crippen MR) is 77.9 cm³/mol. The van der Waals surface area contributed by atoms with E-state index in [1.165, 1.54) is 25.0 Å². The third-order valence-corrected chi connectivity index (χ3v) is 2.90. The van der Waals surface area contributed by atoms with E-state index in [2.05, 4.69) is 25.9 Å². The monoisotopic (exact) mass is 304 g/mol. The summed E-state index contributed by atoms with van der Waals surface area (Å²) >= 11 is 0. The highest BCUT2D eigenvalue weighted by molar-refractivity contribution is 6.05. The van der Waals surface area contributed by atoms with Gasteiger partial charge in [0.05, 0.1) is 7.11 Å². The molecule has 2 N–H and O–H groups in total. The molecule has 0 fully saturated rings. The SMILES string of the molecule is CNC(=O)c1nnc(NC(=O)c2cn(C)nc2OC)cc1C. The Balaban J connectivity index is 2.22. The van der Waals surface area contributed by atoms with Crippen molar-refractivity contribution in [2.24, 2.45) is 7.05 Å². The Labute approximate surface area is 126 Å². The number of carbonyl (C=O) groups is 2. The molecular formula is C13H16N6O3. The first kappa shape index (κ1) is 15.4. The molecule has 0 radical (unpaired) electrons. The minimum atomic E-state index is -0.425. The molecule has 0 saturated heterocycles. The van der Waals surface area contributed by atoms with Gasteiger partial charge in [0, 0.05) is 20.3 Å². The fourth-order valence-corrected chi connectivity index (χ4v) is 1.85. The molecule has 0 aromatic carbocycles. The lowest BCUT2D eigenvalue weighted by Crippen LogP contribution is -2.22. The highest BCUT2D eigenvalue weighted by Crippen LogP contribution is 2.17. The molecule has 0 aliphatic carbocycles. The van der Waals surface area contributed by atoms with E-state index >= 15 is 0 Å². The number of ether oxygens (including phenoxy) is 1. The molecule has 0 aliphatic rings. The van der Waals surface area contributed by atoms with E-state index in [1.54, 1.807) is 20.0 Å². The van der Waals surface area contributed by atoms with Crippen LogP contribution in [0.25, 0.3) is 0 Å². The van der Waals surface area contributed by atoms with Crippen molar-refractivity contribution < 1.29 is 14.3 Å². The zero-order valence-corrected chi connectivity index (χ0v) is 12.7. The molecule has 9 nitrogen and oxygen atoms in total. The van der Waals surface area contributed by atoms with Gasteiger partial charge in [-0.3, -0.25) is 14.3 Å². The molecule has 0 unspecified atom stereocenters. The molecule has 9 heteroatoms. The maximum absolute atomic E-state index is 12.2. The standard InChI is InChI=1S/C13H16N6O3/c1-7-5-9(16-17-10(7)12(21)14-2)15-11(20)8-6-19(3)18-13(8)22-4/h5-6H,1-4H3,(H,14,21)(H,15,16,20). The van der Waals surface area contributed by atoms with E-state index in [9.17, 15) is 9.59 Å². The highest BCUT2D eigenvalue weighted by atomic mass is 16.5. The lowest BCUT2D eigenvalue weighted by Gasteiger charge is -2.06. The Bertz CT molecular complexity index is 725. The summed E-state index contributed by atoms with van der Waals surface area (Å²) in [4.78, 5) is 23.7. The predicted octanol–water partition coefficient (Wildman–Crippen LogP) is 0.139. The van der Waals surface area contributed by atoms with Crippen molar-refractivity contribution in [2.45, 2.75) is 6.92 Å². The zero-order valence-electron chi connectivity index (χ0n) is 12.7. The summed E-state index contributed by atoms with van der Waals surface area (Å²) in [5.74, 6) is -0.309. The van der Waals surface area contributed by atoms with Crippen LogP contribution in [0.4, 0.5) is 5.82 Å². The van der Waals surface area contributed by atoms with Gasteiger partial charge in [-0.1, -0.05) is 0 Å². The lowest BCUT2D eigenvalue weighted by atomic mass is 10.2. The number of anilines is 1. The van der Waals surface area contributed by atoms with Crippen LogP contribution >= 0.6 is 0 Å². The van der Waals surface area contributed by atoms with Gasteiger partial charge in [-0.25, -0.2) is 0 Å². The number of methoxy groups -OCH3 is 1. The smallest absolute Gasteiger partial charge is 0.271 e. The number of hydrogen-bond donors (Lipinski definition) is 2. The summed E-state index contributed by atoms with van der Waals surface area (Å²) in [6.45, 7) is 1.71. The Morgan fingerprint density at radius 2 is 2.00 bits per heavy atom. The topological polar surface area (TPSA) is 111 Å². The summed E-state index contributed by atoms with van der Waals surface area (Å²) in [6.07, 6.45) is 1.54. The second-order valence-corrected chi connectivity index (χ2v) is 4.52. The number of aromatic nitrogens is 4. The van der Waals surface area contributed by atoms with Crippen LogP contribution < -0.4 is 15.4 Å². The Morgan fingerprint density at radius 1 is 1.27 bits per heavy atom. The largest absolute Gasteiger partial charge is 0.479 e. The molecule has 0 bridgehead atoms. The van der Waals surface area contributed by atoms with E-state index in [0.29, 0.717) is 5.56 Å². The summed E-state index contributed by atoms with van der Waals surface area (Å²) < 4.78 is 6.50. The van der Waals surface area contributed by atoms with Crippen molar-refractivity contribution in [3.8, 4) is 5.88 Å². The quantitative estimate of drug-likeness (QED) is 0.831. The molecule has 2 aromatic rings. The zero-order chi connectivity index (χ0) is 16.3. The number of amides is 2. The second-order valence-electron chi connectivity index (χ2n) is 4.52. The molecule has 2 heterocycles. The summed E-state index contributed by atoms with van der Waals surface area (Å²) in [7, 11) is 4.62. The molecule has 2 amide bonds. The number of aryl methyl sites for hydroxylation is 2. The van der Waals surface area contributed by atoms with Crippen molar-refractivity contribution >= 4 is 17.6 Å². The molecule has 2 rings (SSSR count). The van der Waals surface area contributed by atoms with Crippen molar-refractivity contribution in [2.75, 3.05) is 19.5 Å². The van der Waals surface area contributed by atoms with Crippen LogP contribution in [0.15, 0.2) is 12.3 Å². The maximum atomic E-state index is 12.2. The van der Waals surface area contributed by atoms with E-state index in [4.69, 9.17) is 4.74 Å². The molecule has 0 saturated carbocycles. The maximum Gasteiger partial charge on any atom is 0.271 e. The highest BCUT2D eigenvalue weighted by Gasteiger charge is 2.18. The van der Waals surface area contributed by atoms with Crippen LogP contribution in [-0.4, -0.2) is 45.9 Å².